The molecular formula is C24H23N3O5S. The van der Waals surface area contributed by atoms with Crippen molar-refractivity contribution in [2.75, 3.05) is 18.4 Å². The van der Waals surface area contributed by atoms with Gasteiger partial charge in [-0.25, -0.2) is 13.4 Å². The van der Waals surface area contributed by atoms with E-state index >= 15 is 0 Å². The first kappa shape index (κ1) is 21.4. The number of fused-ring (bicyclic) bond motifs is 1. The molecule has 5 rings (SSSR count). The Morgan fingerprint density at radius 3 is 2.61 bits per heavy atom. The van der Waals surface area contributed by atoms with Crippen LogP contribution in [0.1, 0.15) is 29.3 Å². The van der Waals surface area contributed by atoms with Crippen molar-refractivity contribution in [1.82, 2.24) is 9.29 Å². The maximum atomic E-state index is 12.8. The lowest BCUT2D eigenvalue weighted by Gasteiger charge is -2.29. The number of benzene rings is 2. The number of hydrogen-bond acceptors (Lipinski definition) is 6. The fourth-order valence-electron chi connectivity index (χ4n) is 3.80. The van der Waals surface area contributed by atoms with Gasteiger partial charge >= 0.3 is 0 Å². The second kappa shape index (κ2) is 8.49. The standard InChI is InChI=1S/C24H23N3O5S/c1-16-13-20-21(31-16)14-17(24(28)26-23-5-2-3-10-25-23)15-22(20)32-18-6-8-19(9-7-18)33(29,30)27-11-4-12-27/h2-3,5-10,14-16H,4,11-13H2,1H3,(H,25,26,28). The molecule has 0 spiro atoms. The van der Waals surface area contributed by atoms with Gasteiger partial charge in [-0.2, -0.15) is 4.31 Å². The number of rotatable bonds is 6. The molecule has 1 fully saturated rings. The largest absolute Gasteiger partial charge is 0.490 e. The molecule has 3 aromatic rings. The van der Waals surface area contributed by atoms with Crippen LogP contribution in [-0.2, 0) is 16.4 Å². The molecule has 1 atom stereocenters. The van der Waals surface area contributed by atoms with E-state index in [2.05, 4.69) is 10.3 Å². The van der Waals surface area contributed by atoms with E-state index in [1.54, 1.807) is 60.8 Å². The molecule has 0 saturated carbocycles. The van der Waals surface area contributed by atoms with Crippen LogP contribution in [0.5, 0.6) is 17.2 Å². The summed E-state index contributed by atoms with van der Waals surface area (Å²) in [5.74, 6) is 1.69. The first-order valence-electron chi connectivity index (χ1n) is 10.7. The predicted octanol–water partition coefficient (Wildman–Crippen LogP) is 3.84. The van der Waals surface area contributed by atoms with Crippen LogP contribution in [0, 0.1) is 0 Å². The van der Waals surface area contributed by atoms with E-state index in [1.807, 2.05) is 6.92 Å². The number of carbonyl (C=O) groups excluding carboxylic acids is 1. The lowest BCUT2D eigenvalue weighted by molar-refractivity contribution is 0.102. The Morgan fingerprint density at radius 2 is 1.94 bits per heavy atom. The van der Waals surface area contributed by atoms with Crippen molar-refractivity contribution in [3.05, 3.63) is 71.9 Å². The van der Waals surface area contributed by atoms with Crippen molar-refractivity contribution < 1.29 is 22.7 Å². The predicted molar refractivity (Wildman–Crippen MR) is 122 cm³/mol. The number of carbonyl (C=O) groups is 1. The number of nitrogens with one attached hydrogen (secondary N) is 1. The zero-order valence-corrected chi connectivity index (χ0v) is 18.8. The third kappa shape index (κ3) is 4.29. The van der Waals surface area contributed by atoms with Gasteiger partial charge in [-0.1, -0.05) is 6.07 Å². The molecule has 3 heterocycles. The fourth-order valence-corrected chi connectivity index (χ4v) is 5.32. The van der Waals surface area contributed by atoms with E-state index < -0.39 is 10.0 Å². The highest BCUT2D eigenvalue weighted by molar-refractivity contribution is 7.89. The minimum Gasteiger partial charge on any atom is -0.490 e. The number of nitrogens with zero attached hydrogens (tertiary/aromatic N) is 2. The zero-order chi connectivity index (χ0) is 23.0. The molecule has 2 aromatic carbocycles. The average molecular weight is 466 g/mol. The lowest BCUT2D eigenvalue weighted by atomic mass is 10.1. The number of anilines is 1. The maximum Gasteiger partial charge on any atom is 0.257 e. The van der Waals surface area contributed by atoms with Crippen molar-refractivity contribution in [2.45, 2.75) is 30.8 Å². The quantitative estimate of drug-likeness (QED) is 0.594. The Balaban J connectivity index is 1.41. The second-order valence-electron chi connectivity index (χ2n) is 8.08. The summed E-state index contributed by atoms with van der Waals surface area (Å²) in [6.07, 6.45) is 3.09. The van der Waals surface area contributed by atoms with E-state index in [-0.39, 0.29) is 16.9 Å². The summed E-state index contributed by atoms with van der Waals surface area (Å²) in [7, 11) is -3.46. The smallest absolute Gasteiger partial charge is 0.257 e. The summed E-state index contributed by atoms with van der Waals surface area (Å²) in [5.41, 5.74) is 1.25. The first-order valence-corrected chi connectivity index (χ1v) is 12.2. The van der Waals surface area contributed by atoms with Gasteiger partial charge in [-0.05, 0) is 61.9 Å². The molecule has 1 saturated heterocycles. The van der Waals surface area contributed by atoms with E-state index in [4.69, 9.17) is 9.47 Å². The lowest BCUT2D eigenvalue weighted by Crippen LogP contribution is -2.41. The second-order valence-corrected chi connectivity index (χ2v) is 10.0. The van der Waals surface area contributed by atoms with Crippen molar-refractivity contribution in [3.63, 3.8) is 0 Å². The Kier molecular flexibility index (Phi) is 5.51. The van der Waals surface area contributed by atoms with Crippen LogP contribution in [0.2, 0.25) is 0 Å². The van der Waals surface area contributed by atoms with Crippen molar-refractivity contribution in [2.24, 2.45) is 0 Å². The summed E-state index contributed by atoms with van der Waals surface area (Å²) >= 11 is 0. The van der Waals surface area contributed by atoms with Gasteiger partial charge in [0.25, 0.3) is 5.91 Å². The van der Waals surface area contributed by atoms with Crippen molar-refractivity contribution in [1.29, 1.82) is 0 Å². The summed E-state index contributed by atoms with van der Waals surface area (Å²) in [6.45, 7) is 3.06. The molecule has 0 bridgehead atoms. The van der Waals surface area contributed by atoms with Gasteiger partial charge in [0, 0.05) is 36.8 Å². The van der Waals surface area contributed by atoms with Gasteiger partial charge in [0.05, 0.1) is 4.90 Å². The van der Waals surface area contributed by atoms with Gasteiger partial charge in [-0.3, -0.25) is 4.79 Å². The molecule has 1 aromatic heterocycles. The molecular weight excluding hydrogens is 442 g/mol. The fraction of sp³-hybridized carbons (Fsp3) is 0.250. The molecule has 33 heavy (non-hydrogen) atoms. The summed E-state index contributed by atoms with van der Waals surface area (Å²) in [6, 6.07) is 15.0. The van der Waals surface area contributed by atoms with Crippen LogP contribution in [0.25, 0.3) is 0 Å². The number of aromatic nitrogens is 1. The topological polar surface area (TPSA) is 97.8 Å². The third-order valence-electron chi connectivity index (χ3n) is 5.66. The number of amides is 1. The molecule has 1 N–H and O–H groups in total. The van der Waals surface area contributed by atoms with Crippen LogP contribution in [-0.4, -0.2) is 42.8 Å². The van der Waals surface area contributed by atoms with Crippen molar-refractivity contribution in [3.8, 4) is 17.2 Å². The number of pyridine rings is 1. The van der Waals surface area contributed by atoms with E-state index in [9.17, 15) is 13.2 Å². The van der Waals surface area contributed by atoms with Gasteiger partial charge in [0.1, 0.15) is 29.2 Å². The normalized spacial score (nSPS) is 17.5. The summed E-state index contributed by atoms with van der Waals surface area (Å²) < 4.78 is 38.6. The Bertz CT molecular complexity index is 1290. The van der Waals surface area contributed by atoms with Crippen LogP contribution >= 0.6 is 0 Å². The molecule has 2 aliphatic heterocycles. The van der Waals surface area contributed by atoms with Gasteiger partial charge in [0.15, 0.2) is 0 Å². The van der Waals surface area contributed by atoms with Gasteiger partial charge in [0.2, 0.25) is 10.0 Å². The average Bonchev–Trinajstić information content (AvgIpc) is 3.14. The molecule has 1 unspecified atom stereocenters. The van der Waals surface area contributed by atoms with E-state index in [0.717, 1.165) is 12.0 Å². The summed E-state index contributed by atoms with van der Waals surface area (Å²) in [4.78, 5) is 17.2. The number of hydrogen-bond donors (Lipinski definition) is 1. The molecule has 9 heteroatoms. The number of sulfonamides is 1. The molecule has 0 aliphatic carbocycles. The van der Waals surface area contributed by atoms with Crippen LogP contribution in [0.4, 0.5) is 5.82 Å². The highest BCUT2D eigenvalue weighted by atomic mass is 32.2. The minimum atomic E-state index is -3.46. The highest BCUT2D eigenvalue weighted by Crippen LogP contribution is 2.39. The van der Waals surface area contributed by atoms with Crippen LogP contribution < -0.4 is 14.8 Å². The monoisotopic (exact) mass is 465 g/mol. The third-order valence-corrected chi connectivity index (χ3v) is 7.57. The molecule has 8 nitrogen and oxygen atoms in total. The molecule has 0 radical (unpaired) electrons. The maximum absolute atomic E-state index is 12.8. The minimum absolute atomic E-state index is 0.0412. The van der Waals surface area contributed by atoms with E-state index in [1.165, 1.54) is 4.31 Å². The van der Waals surface area contributed by atoms with Crippen LogP contribution in [0.3, 0.4) is 0 Å². The Hall–Kier alpha value is -3.43. The Labute approximate surface area is 192 Å². The van der Waals surface area contributed by atoms with Gasteiger partial charge < -0.3 is 14.8 Å². The zero-order valence-electron chi connectivity index (χ0n) is 18.0. The van der Waals surface area contributed by atoms with Crippen LogP contribution in [0.15, 0.2) is 65.7 Å². The van der Waals surface area contributed by atoms with Crippen molar-refractivity contribution >= 4 is 21.7 Å². The molecule has 170 valence electrons. The molecule has 2 aliphatic rings. The first-order chi connectivity index (χ1) is 15.9. The van der Waals surface area contributed by atoms with Gasteiger partial charge in [-0.15, -0.1) is 0 Å². The summed E-state index contributed by atoms with van der Waals surface area (Å²) in [5, 5.41) is 2.76. The highest BCUT2D eigenvalue weighted by Gasteiger charge is 2.29. The molecule has 1 amide bonds. The SMILES string of the molecule is CC1Cc2c(Oc3ccc(S(=O)(=O)N4CCC4)cc3)cc(C(=O)Nc3ccccn3)cc2O1. The number of ether oxygens (including phenoxy) is 2. The van der Waals surface area contributed by atoms with E-state index in [0.29, 0.717) is 48.1 Å². The Morgan fingerprint density at radius 1 is 1.15 bits per heavy atom.